The number of carbonyl (C=O) groups excluding carboxylic acids is 1. The van der Waals surface area contributed by atoms with Gasteiger partial charge in [0.05, 0.1) is 17.1 Å². The summed E-state index contributed by atoms with van der Waals surface area (Å²) < 4.78 is 0. The smallest absolute Gasteiger partial charge is 0.319 e. The average Bonchev–Trinajstić information content (AvgIpc) is 3.08. The van der Waals surface area contributed by atoms with Gasteiger partial charge in [0.15, 0.2) is 0 Å². The lowest BCUT2D eigenvalue weighted by molar-refractivity contribution is -0.385. The minimum Gasteiger partial charge on any atom is -0.394 e. The maximum absolute atomic E-state index is 11.9. The van der Waals surface area contributed by atoms with Crippen molar-refractivity contribution in [2.45, 2.75) is 18.4 Å². The number of aromatic nitrogens is 1. The molecule has 1 aromatic rings. The van der Waals surface area contributed by atoms with E-state index in [9.17, 15) is 14.9 Å². The number of nitrogens with one attached hydrogen (secondary N) is 1. The largest absolute Gasteiger partial charge is 0.394 e. The standard InChI is InChI=1S/C10H10ClN3O4/c11-8-7(14(17)18)6(1-4-12-8)9(16)13-10(5-15)2-3-10/h1,4,15H,2-3,5H2,(H,13,16). The minimum absolute atomic E-state index is 0.153. The number of pyridine rings is 1. The highest BCUT2D eigenvalue weighted by Crippen LogP contribution is 2.35. The van der Waals surface area contributed by atoms with E-state index in [4.69, 9.17) is 16.7 Å². The zero-order chi connectivity index (χ0) is 13.3. The molecule has 1 aliphatic rings. The summed E-state index contributed by atoms with van der Waals surface area (Å²) in [6.45, 7) is -0.189. The first-order valence-corrected chi connectivity index (χ1v) is 5.59. The van der Waals surface area contributed by atoms with Gasteiger partial charge in [-0.25, -0.2) is 4.98 Å². The maximum Gasteiger partial charge on any atom is 0.319 e. The third-order valence-corrected chi connectivity index (χ3v) is 3.12. The van der Waals surface area contributed by atoms with E-state index in [1.54, 1.807) is 0 Å². The van der Waals surface area contributed by atoms with Crippen LogP contribution in [0.15, 0.2) is 12.3 Å². The molecule has 1 aromatic heterocycles. The fourth-order valence-electron chi connectivity index (χ4n) is 1.57. The van der Waals surface area contributed by atoms with Crippen molar-refractivity contribution in [2.24, 2.45) is 0 Å². The van der Waals surface area contributed by atoms with Crippen molar-refractivity contribution in [3.05, 3.63) is 33.1 Å². The Hall–Kier alpha value is -1.73. The Labute approximate surface area is 107 Å². The van der Waals surface area contributed by atoms with E-state index in [-0.39, 0.29) is 17.3 Å². The van der Waals surface area contributed by atoms with Gasteiger partial charge in [-0.3, -0.25) is 14.9 Å². The molecule has 1 saturated carbocycles. The first-order valence-electron chi connectivity index (χ1n) is 5.21. The van der Waals surface area contributed by atoms with Crippen molar-refractivity contribution < 1.29 is 14.8 Å². The van der Waals surface area contributed by atoms with E-state index in [0.29, 0.717) is 12.8 Å². The molecular formula is C10H10ClN3O4. The highest BCUT2D eigenvalue weighted by atomic mass is 35.5. The molecule has 0 aromatic carbocycles. The Balaban J connectivity index is 2.30. The quantitative estimate of drug-likeness (QED) is 0.481. The molecule has 0 aliphatic heterocycles. The van der Waals surface area contributed by atoms with Gasteiger partial charge >= 0.3 is 5.69 Å². The molecule has 1 amide bonds. The van der Waals surface area contributed by atoms with Gasteiger partial charge in [-0.1, -0.05) is 11.6 Å². The lowest BCUT2D eigenvalue weighted by Gasteiger charge is -2.14. The molecule has 2 rings (SSSR count). The lowest BCUT2D eigenvalue weighted by atomic mass is 10.2. The molecule has 0 spiro atoms. The van der Waals surface area contributed by atoms with Crippen molar-refractivity contribution in [3.63, 3.8) is 0 Å². The summed E-state index contributed by atoms with van der Waals surface area (Å²) >= 11 is 5.61. The molecule has 96 valence electrons. The maximum atomic E-state index is 11.9. The number of rotatable bonds is 4. The highest BCUT2D eigenvalue weighted by Gasteiger charge is 2.44. The number of nitro groups is 1. The third-order valence-electron chi connectivity index (χ3n) is 2.84. The number of aliphatic hydroxyl groups excluding tert-OH is 1. The third kappa shape index (κ3) is 2.27. The van der Waals surface area contributed by atoms with Crippen molar-refractivity contribution in [1.29, 1.82) is 0 Å². The second-order valence-electron chi connectivity index (χ2n) is 4.15. The van der Waals surface area contributed by atoms with Crippen molar-refractivity contribution in [3.8, 4) is 0 Å². The van der Waals surface area contributed by atoms with Crippen molar-refractivity contribution in [2.75, 3.05) is 6.61 Å². The number of nitrogens with zero attached hydrogens (tertiary/aromatic N) is 2. The van der Waals surface area contributed by atoms with E-state index in [0.717, 1.165) is 0 Å². The SMILES string of the molecule is O=C(NC1(CO)CC1)c1ccnc(Cl)c1[N+](=O)[O-]. The van der Waals surface area contributed by atoms with Crippen molar-refractivity contribution >= 4 is 23.2 Å². The van der Waals surface area contributed by atoms with Crippen LogP contribution >= 0.6 is 11.6 Å². The molecule has 0 saturated heterocycles. The summed E-state index contributed by atoms with van der Waals surface area (Å²) in [4.78, 5) is 25.6. The fourth-order valence-corrected chi connectivity index (χ4v) is 1.79. The second-order valence-corrected chi connectivity index (χ2v) is 4.51. The minimum atomic E-state index is -0.747. The number of carbonyl (C=O) groups is 1. The van der Waals surface area contributed by atoms with Crippen LogP contribution in [0, 0.1) is 10.1 Å². The summed E-state index contributed by atoms with van der Waals surface area (Å²) in [7, 11) is 0. The molecular weight excluding hydrogens is 262 g/mol. The second kappa shape index (κ2) is 4.51. The molecule has 18 heavy (non-hydrogen) atoms. The first-order chi connectivity index (χ1) is 8.49. The topological polar surface area (TPSA) is 105 Å². The normalized spacial score (nSPS) is 16.1. The zero-order valence-corrected chi connectivity index (χ0v) is 9.98. The van der Waals surface area contributed by atoms with Crippen LogP contribution in [-0.2, 0) is 0 Å². The van der Waals surface area contributed by atoms with Gasteiger partial charge in [0.1, 0.15) is 5.56 Å². The Morgan fingerprint density at radius 1 is 1.67 bits per heavy atom. The van der Waals surface area contributed by atoms with Crippen LogP contribution in [0.1, 0.15) is 23.2 Å². The fraction of sp³-hybridized carbons (Fsp3) is 0.400. The number of amides is 1. The van der Waals surface area contributed by atoms with Gasteiger partial charge in [0, 0.05) is 6.20 Å². The van der Waals surface area contributed by atoms with Gasteiger partial charge in [-0.05, 0) is 18.9 Å². The molecule has 1 heterocycles. The number of halogens is 1. The Morgan fingerprint density at radius 3 is 2.83 bits per heavy atom. The Morgan fingerprint density at radius 2 is 2.33 bits per heavy atom. The number of hydrogen-bond acceptors (Lipinski definition) is 5. The monoisotopic (exact) mass is 271 g/mol. The predicted molar refractivity (Wildman–Crippen MR) is 62.4 cm³/mol. The van der Waals surface area contributed by atoms with Crippen LogP contribution in [0.4, 0.5) is 5.69 Å². The van der Waals surface area contributed by atoms with Crippen LogP contribution in [0.5, 0.6) is 0 Å². The van der Waals surface area contributed by atoms with Crippen LogP contribution < -0.4 is 5.32 Å². The van der Waals surface area contributed by atoms with Crippen LogP contribution in [0.25, 0.3) is 0 Å². The molecule has 0 radical (unpaired) electrons. The van der Waals surface area contributed by atoms with E-state index in [1.165, 1.54) is 12.3 Å². The van der Waals surface area contributed by atoms with E-state index < -0.39 is 22.1 Å². The van der Waals surface area contributed by atoms with E-state index >= 15 is 0 Å². The summed E-state index contributed by atoms with van der Waals surface area (Å²) in [5.74, 6) is -0.627. The number of hydrogen-bond donors (Lipinski definition) is 2. The van der Waals surface area contributed by atoms with Crippen LogP contribution in [0.2, 0.25) is 5.15 Å². The molecule has 0 atom stereocenters. The van der Waals surface area contributed by atoms with Gasteiger partial charge in [-0.15, -0.1) is 0 Å². The molecule has 1 fully saturated rings. The van der Waals surface area contributed by atoms with Gasteiger partial charge in [0.25, 0.3) is 5.91 Å². The van der Waals surface area contributed by atoms with Gasteiger partial charge < -0.3 is 10.4 Å². The Bertz CT molecular complexity index is 516. The molecule has 0 unspecified atom stereocenters. The average molecular weight is 272 g/mol. The zero-order valence-electron chi connectivity index (χ0n) is 9.22. The van der Waals surface area contributed by atoms with Crippen LogP contribution in [-0.4, -0.2) is 33.1 Å². The predicted octanol–water partition coefficient (Wildman–Crippen LogP) is 0.898. The van der Waals surface area contributed by atoms with Crippen LogP contribution in [0.3, 0.4) is 0 Å². The lowest BCUT2D eigenvalue weighted by Crippen LogP contribution is -2.39. The highest BCUT2D eigenvalue weighted by molar-refractivity contribution is 6.32. The van der Waals surface area contributed by atoms with Gasteiger partial charge in [0.2, 0.25) is 5.15 Å². The molecule has 2 N–H and O–H groups in total. The molecule has 1 aliphatic carbocycles. The molecule has 7 nitrogen and oxygen atoms in total. The van der Waals surface area contributed by atoms with Gasteiger partial charge in [-0.2, -0.15) is 0 Å². The molecule has 8 heteroatoms. The summed E-state index contributed by atoms with van der Waals surface area (Å²) in [6, 6.07) is 1.23. The summed E-state index contributed by atoms with van der Waals surface area (Å²) in [5.41, 5.74) is -1.31. The van der Waals surface area contributed by atoms with E-state index in [1.807, 2.05) is 0 Å². The summed E-state index contributed by atoms with van der Waals surface area (Å²) in [6.07, 6.45) is 2.53. The van der Waals surface area contributed by atoms with E-state index in [2.05, 4.69) is 10.3 Å². The molecule has 0 bridgehead atoms. The van der Waals surface area contributed by atoms with Crippen molar-refractivity contribution in [1.82, 2.24) is 10.3 Å². The summed E-state index contributed by atoms with van der Waals surface area (Å²) in [5, 5.41) is 22.2. The first kappa shape index (κ1) is 12.7. The Kier molecular flexibility index (Phi) is 3.18. The number of aliphatic hydroxyl groups is 1.